The van der Waals surface area contributed by atoms with Crippen molar-refractivity contribution in [3.05, 3.63) is 22.9 Å². The van der Waals surface area contributed by atoms with Gasteiger partial charge in [0.05, 0.1) is 0 Å². The molecular formula is C11H16BrN3O2S. The molecule has 2 rings (SSSR count). The number of nitrogens with zero attached hydrogens (tertiary/aromatic N) is 2. The minimum Gasteiger partial charge on any atom is -0.330 e. The summed E-state index contributed by atoms with van der Waals surface area (Å²) >= 11 is 3.23. The van der Waals surface area contributed by atoms with Crippen LogP contribution in [0.4, 0.5) is 0 Å². The van der Waals surface area contributed by atoms with Gasteiger partial charge in [-0.05, 0) is 40.4 Å². The van der Waals surface area contributed by atoms with Gasteiger partial charge in [0.15, 0.2) is 0 Å². The first-order valence-corrected chi connectivity index (χ1v) is 7.91. The van der Waals surface area contributed by atoms with Crippen molar-refractivity contribution in [3.63, 3.8) is 0 Å². The SMILES string of the molecule is CC1(CN)CCN(S(=O)(=O)c2cncc(Br)c2)C1. The quantitative estimate of drug-likeness (QED) is 0.901. The molecule has 1 unspecified atom stereocenters. The Hall–Kier alpha value is -0.500. The number of sulfonamides is 1. The zero-order valence-corrected chi connectivity index (χ0v) is 12.5. The Bertz CT molecular complexity index is 549. The Labute approximate surface area is 116 Å². The number of halogens is 1. The van der Waals surface area contributed by atoms with Crippen LogP contribution in [0.5, 0.6) is 0 Å². The Kier molecular flexibility index (Phi) is 3.77. The molecule has 0 bridgehead atoms. The van der Waals surface area contributed by atoms with Crippen LogP contribution in [-0.2, 0) is 10.0 Å². The molecule has 1 aliphatic rings. The zero-order chi connectivity index (χ0) is 13.4. The third kappa shape index (κ3) is 2.59. The lowest BCUT2D eigenvalue weighted by atomic mass is 9.90. The summed E-state index contributed by atoms with van der Waals surface area (Å²) in [5.74, 6) is 0. The monoisotopic (exact) mass is 333 g/mol. The highest BCUT2D eigenvalue weighted by Gasteiger charge is 2.39. The van der Waals surface area contributed by atoms with Crippen LogP contribution < -0.4 is 5.73 Å². The van der Waals surface area contributed by atoms with Crippen LogP contribution in [0, 0.1) is 5.41 Å². The first-order chi connectivity index (χ1) is 8.37. The smallest absolute Gasteiger partial charge is 0.244 e. The molecule has 1 fully saturated rings. The average molecular weight is 334 g/mol. The highest BCUT2D eigenvalue weighted by atomic mass is 79.9. The molecule has 0 aliphatic carbocycles. The van der Waals surface area contributed by atoms with Crippen LogP contribution in [0.3, 0.4) is 0 Å². The highest BCUT2D eigenvalue weighted by Crippen LogP contribution is 2.32. The minimum absolute atomic E-state index is 0.119. The van der Waals surface area contributed by atoms with E-state index in [-0.39, 0.29) is 10.3 Å². The van der Waals surface area contributed by atoms with E-state index in [1.807, 2.05) is 6.92 Å². The van der Waals surface area contributed by atoms with E-state index < -0.39 is 10.0 Å². The van der Waals surface area contributed by atoms with E-state index in [1.54, 1.807) is 12.3 Å². The molecule has 5 nitrogen and oxygen atoms in total. The molecule has 1 aliphatic heterocycles. The lowest BCUT2D eigenvalue weighted by Gasteiger charge is -2.22. The standard InChI is InChI=1S/C11H16BrN3O2S/c1-11(7-13)2-3-15(8-11)18(16,17)10-4-9(12)5-14-6-10/h4-6H,2-3,7-8,13H2,1H3. The van der Waals surface area contributed by atoms with Crippen molar-refractivity contribution in [2.24, 2.45) is 11.1 Å². The Morgan fingerprint density at radius 1 is 1.56 bits per heavy atom. The fraction of sp³-hybridized carbons (Fsp3) is 0.545. The van der Waals surface area contributed by atoms with E-state index in [1.165, 1.54) is 10.5 Å². The van der Waals surface area contributed by atoms with Crippen molar-refractivity contribution in [2.45, 2.75) is 18.2 Å². The number of aromatic nitrogens is 1. The molecular weight excluding hydrogens is 318 g/mol. The van der Waals surface area contributed by atoms with Crippen LogP contribution in [-0.4, -0.2) is 37.3 Å². The maximum atomic E-state index is 12.4. The molecule has 0 amide bonds. The maximum absolute atomic E-state index is 12.4. The molecule has 1 aromatic rings. The summed E-state index contributed by atoms with van der Waals surface area (Å²) in [5, 5.41) is 0. The first kappa shape index (κ1) is 13.9. The van der Waals surface area contributed by atoms with Gasteiger partial charge in [-0.15, -0.1) is 0 Å². The second-order valence-electron chi connectivity index (χ2n) is 4.94. The van der Waals surface area contributed by atoms with Gasteiger partial charge in [0.2, 0.25) is 10.0 Å². The van der Waals surface area contributed by atoms with Gasteiger partial charge < -0.3 is 5.73 Å². The van der Waals surface area contributed by atoms with Crippen molar-refractivity contribution in [3.8, 4) is 0 Å². The topological polar surface area (TPSA) is 76.3 Å². The second kappa shape index (κ2) is 4.88. The predicted molar refractivity (Wildman–Crippen MR) is 72.5 cm³/mol. The van der Waals surface area contributed by atoms with Crippen LogP contribution in [0.25, 0.3) is 0 Å². The zero-order valence-electron chi connectivity index (χ0n) is 10.1. The maximum Gasteiger partial charge on any atom is 0.244 e. The average Bonchev–Trinajstić information content (AvgIpc) is 2.73. The lowest BCUT2D eigenvalue weighted by molar-refractivity contribution is 0.349. The van der Waals surface area contributed by atoms with E-state index in [0.29, 0.717) is 24.1 Å². The van der Waals surface area contributed by atoms with Crippen molar-refractivity contribution >= 4 is 26.0 Å². The number of nitrogens with two attached hydrogens (primary N) is 1. The number of rotatable bonds is 3. The molecule has 1 saturated heterocycles. The van der Waals surface area contributed by atoms with Crippen LogP contribution in [0.1, 0.15) is 13.3 Å². The third-order valence-electron chi connectivity index (χ3n) is 3.33. The van der Waals surface area contributed by atoms with Gasteiger partial charge in [-0.1, -0.05) is 6.92 Å². The summed E-state index contributed by atoms with van der Waals surface area (Å²) in [7, 11) is -3.46. The summed E-state index contributed by atoms with van der Waals surface area (Å²) in [6.07, 6.45) is 3.73. The molecule has 2 heterocycles. The van der Waals surface area contributed by atoms with Gasteiger partial charge in [0, 0.05) is 30.0 Å². The van der Waals surface area contributed by atoms with Gasteiger partial charge in [-0.3, -0.25) is 4.98 Å². The largest absolute Gasteiger partial charge is 0.330 e. The van der Waals surface area contributed by atoms with Crippen LogP contribution in [0.15, 0.2) is 27.8 Å². The first-order valence-electron chi connectivity index (χ1n) is 5.68. The molecule has 7 heteroatoms. The molecule has 100 valence electrons. The summed E-state index contributed by atoms with van der Waals surface area (Å²) in [6, 6.07) is 1.57. The summed E-state index contributed by atoms with van der Waals surface area (Å²) in [6.45, 7) is 3.50. The highest BCUT2D eigenvalue weighted by molar-refractivity contribution is 9.10. The summed E-state index contributed by atoms with van der Waals surface area (Å²) < 4.78 is 27.0. The lowest BCUT2D eigenvalue weighted by Crippen LogP contribution is -2.34. The van der Waals surface area contributed by atoms with Gasteiger partial charge >= 0.3 is 0 Å². The number of pyridine rings is 1. The molecule has 0 spiro atoms. The van der Waals surface area contributed by atoms with Gasteiger partial charge in [0.25, 0.3) is 0 Å². The van der Waals surface area contributed by atoms with E-state index in [2.05, 4.69) is 20.9 Å². The Balaban J connectivity index is 2.28. The van der Waals surface area contributed by atoms with Crippen molar-refractivity contribution < 1.29 is 8.42 Å². The second-order valence-corrected chi connectivity index (χ2v) is 7.80. The molecule has 0 saturated carbocycles. The Morgan fingerprint density at radius 2 is 2.28 bits per heavy atom. The molecule has 0 aromatic carbocycles. The van der Waals surface area contributed by atoms with E-state index in [9.17, 15) is 8.42 Å². The van der Waals surface area contributed by atoms with Crippen LogP contribution >= 0.6 is 15.9 Å². The number of hydrogen-bond donors (Lipinski definition) is 1. The number of hydrogen-bond acceptors (Lipinski definition) is 4. The van der Waals surface area contributed by atoms with Crippen molar-refractivity contribution in [1.29, 1.82) is 0 Å². The fourth-order valence-corrected chi connectivity index (χ4v) is 4.13. The molecule has 1 aromatic heterocycles. The van der Waals surface area contributed by atoms with E-state index in [4.69, 9.17) is 5.73 Å². The molecule has 2 N–H and O–H groups in total. The third-order valence-corrected chi connectivity index (χ3v) is 5.58. The molecule has 0 radical (unpaired) electrons. The van der Waals surface area contributed by atoms with Gasteiger partial charge in [0.1, 0.15) is 4.90 Å². The van der Waals surface area contributed by atoms with E-state index in [0.717, 1.165) is 6.42 Å². The molecule has 18 heavy (non-hydrogen) atoms. The molecule has 1 atom stereocenters. The van der Waals surface area contributed by atoms with Gasteiger partial charge in [-0.25, -0.2) is 8.42 Å². The van der Waals surface area contributed by atoms with Crippen molar-refractivity contribution in [1.82, 2.24) is 9.29 Å². The predicted octanol–water partition coefficient (Wildman–Crippen LogP) is 1.20. The Morgan fingerprint density at radius 3 is 2.83 bits per heavy atom. The summed E-state index contributed by atoms with van der Waals surface area (Å²) in [5.41, 5.74) is 5.58. The van der Waals surface area contributed by atoms with E-state index >= 15 is 0 Å². The fourth-order valence-electron chi connectivity index (χ4n) is 2.03. The summed E-state index contributed by atoms with van der Waals surface area (Å²) in [4.78, 5) is 4.12. The minimum atomic E-state index is -3.46. The van der Waals surface area contributed by atoms with Gasteiger partial charge in [-0.2, -0.15) is 4.31 Å². The normalized spacial score (nSPS) is 25.5. The van der Waals surface area contributed by atoms with Crippen LogP contribution in [0.2, 0.25) is 0 Å². The van der Waals surface area contributed by atoms with Crippen molar-refractivity contribution in [2.75, 3.05) is 19.6 Å².